The van der Waals surface area contributed by atoms with Crippen molar-refractivity contribution in [2.24, 2.45) is 0 Å². The van der Waals surface area contributed by atoms with Gasteiger partial charge in [-0.2, -0.15) is 0 Å². The van der Waals surface area contributed by atoms with Crippen LogP contribution in [0, 0.1) is 6.92 Å². The quantitative estimate of drug-likeness (QED) is 0.865. The van der Waals surface area contributed by atoms with Crippen LogP contribution in [0.5, 0.6) is 0 Å². The normalized spacial score (nSPS) is 15.8. The number of thiazole rings is 1. The molecule has 114 valence electrons. The van der Waals surface area contributed by atoms with Gasteiger partial charge in [-0.3, -0.25) is 0 Å². The van der Waals surface area contributed by atoms with Gasteiger partial charge in [0.25, 0.3) is 0 Å². The van der Waals surface area contributed by atoms with Gasteiger partial charge in [-0.1, -0.05) is 12.7 Å². The molecule has 0 unspecified atom stereocenters. The zero-order valence-electron chi connectivity index (χ0n) is 11.9. The summed E-state index contributed by atoms with van der Waals surface area (Å²) in [7, 11) is 0. The largest absolute Gasteiger partial charge is 0.476 e. The first kappa shape index (κ1) is 15.5. The fourth-order valence-electron chi connectivity index (χ4n) is 2.32. The minimum atomic E-state index is -0.986. The number of piperidine rings is 1. The summed E-state index contributed by atoms with van der Waals surface area (Å²) in [4.78, 5) is 29.4. The summed E-state index contributed by atoms with van der Waals surface area (Å²) >= 11 is 1.43. The standard InChI is InChI=1S/C14H18N2O4S/c1-3-8-20-14(19)16-6-4-10(5-7-16)12-15-11(13(17)18)9(2)21-12/h3,10H,1,4-8H2,2H3,(H,17,18). The monoisotopic (exact) mass is 310 g/mol. The van der Waals surface area contributed by atoms with Gasteiger partial charge < -0.3 is 14.7 Å². The highest BCUT2D eigenvalue weighted by Gasteiger charge is 2.27. The van der Waals surface area contributed by atoms with Crippen LogP contribution < -0.4 is 0 Å². The lowest BCUT2D eigenvalue weighted by atomic mass is 9.98. The van der Waals surface area contributed by atoms with Gasteiger partial charge in [0.15, 0.2) is 5.69 Å². The van der Waals surface area contributed by atoms with Crippen molar-refractivity contribution in [3.63, 3.8) is 0 Å². The smallest absolute Gasteiger partial charge is 0.410 e. The molecule has 1 aliphatic heterocycles. The third kappa shape index (κ3) is 3.60. The maximum absolute atomic E-state index is 11.7. The molecule has 1 aliphatic rings. The zero-order chi connectivity index (χ0) is 15.4. The second-order valence-electron chi connectivity index (χ2n) is 4.89. The molecule has 1 saturated heterocycles. The molecule has 7 heteroatoms. The fraction of sp³-hybridized carbons (Fsp3) is 0.500. The van der Waals surface area contributed by atoms with E-state index in [1.54, 1.807) is 11.8 Å². The topological polar surface area (TPSA) is 79.7 Å². The van der Waals surface area contributed by atoms with Gasteiger partial charge in [-0.15, -0.1) is 11.3 Å². The Morgan fingerprint density at radius 1 is 1.52 bits per heavy atom. The molecule has 1 N–H and O–H groups in total. The van der Waals surface area contributed by atoms with E-state index in [9.17, 15) is 9.59 Å². The van der Waals surface area contributed by atoms with Gasteiger partial charge in [0.05, 0.1) is 5.01 Å². The van der Waals surface area contributed by atoms with Crippen LogP contribution in [-0.4, -0.2) is 46.7 Å². The number of ether oxygens (including phenoxy) is 1. The Kier molecular flexibility index (Phi) is 4.95. The molecular formula is C14H18N2O4S. The van der Waals surface area contributed by atoms with Crippen molar-refractivity contribution in [3.8, 4) is 0 Å². The van der Waals surface area contributed by atoms with Crippen LogP contribution in [0.15, 0.2) is 12.7 Å². The highest BCUT2D eigenvalue weighted by atomic mass is 32.1. The number of rotatable bonds is 4. The van der Waals surface area contributed by atoms with Crippen LogP contribution in [0.3, 0.4) is 0 Å². The second-order valence-corrected chi connectivity index (χ2v) is 6.12. The first-order chi connectivity index (χ1) is 10.0. The van der Waals surface area contributed by atoms with E-state index < -0.39 is 5.97 Å². The van der Waals surface area contributed by atoms with Crippen molar-refractivity contribution in [2.45, 2.75) is 25.7 Å². The maximum Gasteiger partial charge on any atom is 0.410 e. The number of carbonyl (C=O) groups is 2. The van der Waals surface area contributed by atoms with Crippen molar-refractivity contribution >= 4 is 23.4 Å². The van der Waals surface area contributed by atoms with E-state index in [2.05, 4.69) is 11.6 Å². The van der Waals surface area contributed by atoms with Crippen LogP contribution in [0.1, 0.15) is 39.1 Å². The number of carboxylic acid groups (broad SMARTS) is 1. The van der Waals surface area contributed by atoms with Crippen LogP contribution in [0.25, 0.3) is 0 Å². The summed E-state index contributed by atoms with van der Waals surface area (Å²) in [6.45, 7) is 6.69. The van der Waals surface area contributed by atoms with Crippen molar-refractivity contribution in [1.82, 2.24) is 9.88 Å². The van der Waals surface area contributed by atoms with E-state index in [-0.39, 0.29) is 24.3 Å². The number of amides is 1. The molecule has 0 saturated carbocycles. The average Bonchev–Trinajstić information content (AvgIpc) is 2.87. The van der Waals surface area contributed by atoms with Crippen molar-refractivity contribution in [2.75, 3.05) is 19.7 Å². The molecule has 0 aliphatic carbocycles. The molecule has 0 spiro atoms. The molecule has 1 amide bonds. The molecule has 1 fully saturated rings. The minimum absolute atomic E-state index is 0.142. The molecule has 1 aromatic heterocycles. The fourth-order valence-corrected chi connectivity index (χ4v) is 3.40. The van der Waals surface area contributed by atoms with Gasteiger partial charge in [-0.05, 0) is 19.8 Å². The lowest BCUT2D eigenvalue weighted by molar-refractivity contribution is 0.0690. The summed E-state index contributed by atoms with van der Waals surface area (Å²) in [6, 6.07) is 0. The first-order valence-corrected chi connectivity index (χ1v) is 7.57. The second kappa shape index (κ2) is 6.71. The van der Waals surface area contributed by atoms with Gasteiger partial charge in [0.1, 0.15) is 6.61 Å². The molecule has 2 heterocycles. The van der Waals surface area contributed by atoms with E-state index in [4.69, 9.17) is 9.84 Å². The van der Waals surface area contributed by atoms with Crippen LogP contribution in [0.2, 0.25) is 0 Å². The molecule has 6 nitrogen and oxygen atoms in total. The zero-order valence-corrected chi connectivity index (χ0v) is 12.7. The Hall–Kier alpha value is -1.89. The van der Waals surface area contributed by atoms with Gasteiger partial charge in [0, 0.05) is 23.9 Å². The predicted octanol–water partition coefficient (Wildman–Crippen LogP) is 2.65. The summed E-state index contributed by atoms with van der Waals surface area (Å²) in [5.74, 6) is -0.773. The maximum atomic E-state index is 11.7. The SMILES string of the molecule is C=CCOC(=O)N1CCC(c2nc(C(=O)O)c(C)s2)CC1. The van der Waals surface area contributed by atoms with Gasteiger partial charge >= 0.3 is 12.1 Å². The number of aromatic carboxylic acids is 1. The molecule has 2 rings (SSSR count). The lowest BCUT2D eigenvalue weighted by Gasteiger charge is -2.30. The molecule has 0 bridgehead atoms. The summed E-state index contributed by atoms with van der Waals surface area (Å²) in [6.07, 6.45) is 2.76. The minimum Gasteiger partial charge on any atom is -0.476 e. The third-order valence-corrected chi connectivity index (χ3v) is 4.58. The third-order valence-electron chi connectivity index (χ3n) is 3.44. The highest BCUT2D eigenvalue weighted by molar-refractivity contribution is 7.12. The average molecular weight is 310 g/mol. The number of hydrogen-bond donors (Lipinski definition) is 1. The number of carboxylic acids is 1. The molecule has 0 aromatic carbocycles. The number of nitrogens with zero attached hydrogens (tertiary/aromatic N) is 2. The van der Waals surface area contributed by atoms with E-state index in [1.165, 1.54) is 17.4 Å². The Bertz CT molecular complexity index is 547. The van der Waals surface area contributed by atoms with Crippen LogP contribution >= 0.6 is 11.3 Å². The number of carbonyl (C=O) groups excluding carboxylic acids is 1. The van der Waals surface area contributed by atoms with Crippen LogP contribution in [-0.2, 0) is 4.74 Å². The van der Waals surface area contributed by atoms with E-state index in [1.807, 2.05) is 0 Å². The molecule has 21 heavy (non-hydrogen) atoms. The first-order valence-electron chi connectivity index (χ1n) is 6.76. The Morgan fingerprint density at radius 3 is 2.71 bits per heavy atom. The Labute approximate surface area is 127 Å². The van der Waals surface area contributed by atoms with Crippen molar-refractivity contribution in [1.29, 1.82) is 0 Å². The Balaban J connectivity index is 1.95. The predicted molar refractivity (Wildman–Crippen MR) is 78.9 cm³/mol. The van der Waals surface area contributed by atoms with E-state index in [0.717, 1.165) is 22.7 Å². The highest BCUT2D eigenvalue weighted by Crippen LogP contribution is 2.32. The van der Waals surface area contributed by atoms with E-state index in [0.29, 0.717) is 13.1 Å². The molecule has 0 radical (unpaired) electrons. The number of likely N-dealkylation sites (tertiary alicyclic amines) is 1. The van der Waals surface area contributed by atoms with Gasteiger partial charge in [-0.25, -0.2) is 14.6 Å². The Morgan fingerprint density at radius 2 is 2.19 bits per heavy atom. The molecular weight excluding hydrogens is 292 g/mol. The van der Waals surface area contributed by atoms with Crippen LogP contribution in [0.4, 0.5) is 4.79 Å². The number of aryl methyl sites for hydroxylation is 1. The molecule has 1 aromatic rings. The molecule has 0 atom stereocenters. The van der Waals surface area contributed by atoms with Gasteiger partial charge in [0.2, 0.25) is 0 Å². The van der Waals surface area contributed by atoms with Crippen molar-refractivity contribution < 1.29 is 19.4 Å². The summed E-state index contributed by atoms with van der Waals surface area (Å²) in [5, 5.41) is 9.89. The number of aromatic nitrogens is 1. The summed E-state index contributed by atoms with van der Waals surface area (Å²) in [5.41, 5.74) is 0.142. The summed E-state index contributed by atoms with van der Waals surface area (Å²) < 4.78 is 5.00. The van der Waals surface area contributed by atoms with E-state index >= 15 is 0 Å². The van der Waals surface area contributed by atoms with Crippen molar-refractivity contribution in [3.05, 3.63) is 28.2 Å². The lowest BCUT2D eigenvalue weighted by Crippen LogP contribution is -2.38. The number of hydrogen-bond acceptors (Lipinski definition) is 5.